The molecule has 9 rings (SSSR count). The predicted molar refractivity (Wildman–Crippen MR) is 175 cm³/mol. The van der Waals surface area contributed by atoms with Gasteiger partial charge in [0.05, 0.1) is 11.0 Å². The maximum absolute atomic E-state index is 9.34. The number of furan rings is 2. The van der Waals surface area contributed by atoms with Gasteiger partial charge in [0.2, 0.25) is 0 Å². The summed E-state index contributed by atoms with van der Waals surface area (Å²) in [5, 5.41) is 2.83. The van der Waals surface area contributed by atoms with E-state index in [1.165, 1.54) is 0 Å². The van der Waals surface area contributed by atoms with E-state index in [4.69, 9.17) is 14.3 Å². The quantitative estimate of drug-likeness (QED) is 0.207. The van der Waals surface area contributed by atoms with Crippen molar-refractivity contribution in [3.8, 4) is 33.6 Å². The molecule has 0 amide bonds. The van der Waals surface area contributed by atoms with E-state index in [1.807, 2.05) is 72.8 Å². The lowest BCUT2D eigenvalue weighted by Gasteiger charge is -2.17. The maximum Gasteiger partial charge on any atom is 0.178 e. The van der Waals surface area contributed by atoms with Gasteiger partial charge < -0.3 is 8.83 Å². The first-order valence-corrected chi connectivity index (χ1v) is 13.6. The van der Waals surface area contributed by atoms with Crippen molar-refractivity contribution in [2.45, 2.75) is 0 Å². The van der Waals surface area contributed by atoms with Crippen LogP contribution < -0.4 is 0 Å². The van der Waals surface area contributed by atoms with Gasteiger partial charge in [0.1, 0.15) is 11.3 Å². The van der Waals surface area contributed by atoms with E-state index in [1.54, 1.807) is 24.3 Å². The van der Waals surface area contributed by atoms with Crippen molar-refractivity contribution in [3.63, 3.8) is 0 Å². The topological polar surface area (TPSA) is 26.3 Å². The van der Waals surface area contributed by atoms with Gasteiger partial charge >= 0.3 is 0 Å². The Balaban J connectivity index is 1.61. The van der Waals surface area contributed by atoms with Gasteiger partial charge in [0.15, 0.2) is 11.2 Å². The van der Waals surface area contributed by atoms with Crippen LogP contribution in [0.25, 0.3) is 88.0 Å². The molecule has 0 aliphatic heterocycles. The third-order valence-corrected chi connectivity index (χ3v) is 7.93. The molecule has 0 unspecified atom stereocenters. The Labute approximate surface area is 253 Å². The van der Waals surface area contributed by atoms with E-state index in [0.717, 1.165) is 16.3 Å². The Morgan fingerprint density at radius 2 is 0.881 bits per heavy atom. The second kappa shape index (κ2) is 8.95. The third kappa shape index (κ3) is 3.27. The molecule has 0 atom stereocenters. The molecule has 0 aliphatic carbocycles. The summed E-state index contributed by atoms with van der Waals surface area (Å²) in [6, 6.07) is 26.7. The number of hydrogen-bond acceptors (Lipinski definition) is 2. The average molecular weight is 545 g/mol. The molecular weight excluding hydrogens is 512 g/mol. The second-order valence-electron chi connectivity index (χ2n) is 10.2. The minimum atomic E-state index is -0.472. The molecule has 9 aromatic rings. The second-order valence-corrected chi connectivity index (χ2v) is 10.2. The van der Waals surface area contributed by atoms with Crippen molar-refractivity contribution in [1.29, 1.82) is 0 Å². The first-order chi connectivity index (χ1) is 24.2. The Morgan fingerprint density at radius 3 is 1.52 bits per heavy atom. The summed E-state index contributed by atoms with van der Waals surface area (Å²) >= 11 is 0. The molecule has 7 aromatic carbocycles. The highest BCUT2D eigenvalue weighted by Gasteiger charge is 2.25. The summed E-state index contributed by atoms with van der Waals surface area (Å²) in [6.45, 7) is 0. The summed E-state index contributed by atoms with van der Waals surface area (Å²) in [6.07, 6.45) is 0. The molecule has 2 nitrogen and oxygen atoms in total. The molecule has 0 radical (unpaired) electrons. The predicted octanol–water partition coefficient (Wildman–Crippen LogP) is 11.6. The number of para-hydroxylation sites is 1. The number of hydrogen-bond donors (Lipinski definition) is 0. The van der Waals surface area contributed by atoms with E-state index in [9.17, 15) is 5.48 Å². The van der Waals surface area contributed by atoms with Crippen LogP contribution in [-0.4, -0.2) is 0 Å². The molecule has 0 aliphatic rings. The SMILES string of the molecule is [2H]c1c([2H])c([2H])c2c(-c3oc4c(ccc5c6ccccc6oc54)c3-c3ccccc3)c3c([2H])c([2H])c([2H])c([2H])c3c(-c3ccccc3)c2c1[2H]. The molecule has 2 heterocycles. The van der Waals surface area contributed by atoms with Crippen molar-refractivity contribution >= 4 is 54.5 Å². The normalized spacial score (nSPS) is 14.5. The van der Waals surface area contributed by atoms with E-state index in [2.05, 4.69) is 0 Å². The number of benzene rings is 7. The van der Waals surface area contributed by atoms with Crippen LogP contribution in [0.3, 0.4) is 0 Å². The van der Waals surface area contributed by atoms with Gasteiger partial charge in [0.25, 0.3) is 0 Å². The first-order valence-electron chi connectivity index (χ1n) is 17.6. The molecule has 0 spiro atoms. The molecule has 0 fully saturated rings. The lowest BCUT2D eigenvalue weighted by Crippen LogP contribution is -1.91. The van der Waals surface area contributed by atoms with Crippen LogP contribution in [0.5, 0.6) is 0 Å². The molecular formula is C40H24O2. The molecule has 0 saturated heterocycles. The highest BCUT2D eigenvalue weighted by Crippen LogP contribution is 2.50. The lowest BCUT2D eigenvalue weighted by atomic mass is 9.86. The highest BCUT2D eigenvalue weighted by atomic mass is 16.4. The van der Waals surface area contributed by atoms with Gasteiger partial charge in [-0.3, -0.25) is 0 Å². The first kappa shape index (κ1) is 16.6. The van der Waals surface area contributed by atoms with Crippen molar-refractivity contribution in [2.75, 3.05) is 0 Å². The fraction of sp³-hybridized carbons (Fsp3) is 0. The smallest absolute Gasteiger partial charge is 0.178 e. The molecule has 2 heteroatoms. The van der Waals surface area contributed by atoms with E-state index in [0.29, 0.717) is 33.3 Å². The summed E-state index contributed by atoms with van der Waals surface area (Å²) in [5.74, 6) is 0.198. The van der Waals surface area contributed by atoms with Gasteiger partial charge in [-0.1, -0.05) is 127 Å². The van der Waals surface area contributed by atoms with Crippen molar-refractivity contribution in [1.82, 2.24) is 0 Å². The van der Waals surface area contributed by atoms with Gasteiger partial charge in [0, 0.05) is 27.3 Å². The van der Waals surface area contributed by atoms with Crippen LogP contribution in [-0.2, 0) is 0 Å². The minimum Gasteiger partial charge on any atom is -0.452 e. The van der Waals surface area contributed by atoms with Crippen molar-refractivity contribution in [2.24, 2.45) is 0 Å². The zero-order valence-corrected chi connectivity index (χ0v) is 22.1. The Kier molecular flexibility index (Phi) is 3.54. The summed E-state index contributed by atoms with van der Waals surface area (Å²) in [5.41, 5.74) is 3.88. The fourth-order valence-electron chi connectivity index (χ4n) is 6.15. The largest absolute Gasteiger partial charge is 0.452 e. The molecule has 196 valence electrons. The minimum absolute atomic E-state index is 0.0875. The number of fused-ring (bicyclic) bond motifs is 7. The third-order valence-electron chi connectivity index (χ3n) is 7.93. The summed E-state index contributed by atoms with van der Waals surface area (Å²) in [7, 11) is 0. The molecule has 0 bridgehead atoms. The summed E-state index contributed by atoms with van der Waals surface area (Å²) < 4.78 is 85.4. The van der Waals surface area contributed by atoms with Crippen LogP contribution in [0, 0.1) is 0 Å². The van der Waals surface area contributed by atoms with Crippen molar-refractivity contribution < 1.29 is 19.8 Å². The van der Waals surface area contributed by atoms with Crippen LogP contribution in [0.1, 0.15) is 11.0 Å². The zero-order valence-electron chi connectivity index (χ0n) is 30.1. The van der Waals surface area contributed by atoms with Crippen LogP contribution >= 0.6 is 0 Å². The van der Waals surface area contributed by atoms with E-state index < -0.39 is 24.2 Å². The van der Waals surface area contributed by atoms with Gasteiger partial charge in [-0.25, -0.2) is 0 Å². The average Bonchev–Trinajstić information content (AvgIpc) is 3.73. The molecule has 2 aromatic heterocycles. The Bertz CT molecular complexity index is 2810. The molecule has 0 saturated carbocycles. The maximum atomic E-state index is 9.34. The van der Waals surface area contributed by atoms with Crippen LogP contribution in [0.15, 0.2) is 154 Å². The highest BCUT2D eigenvalue weighted by molar-refractivity contribution is 6.24. The van der Waals surface area contributed by atoms with Gasteiger partial charge in [-0.2, -0.15) is 0 Å². The van der Waals surface area contributed by atoms with Crippen LogP contribution in [0.2, 0.25) is 0 Å². The van der Waals surface area contributed by atoms with Gasteiger partial charge in [-0.05, 0) is 56.4 Å². The van der Waals surface area contributed by atoms with Gasteiger partial charge in [-0.15, -0.1) is 0 Å². The lowest BCUT2D eigenvalue weighted by molar-refractivity contribution is 0.613. The Morgan fingerprint density at radius 1 is 0.381 bits per heavy atom. The van der Waals surface area contributed by atoms with E-state index >= 15 is 0 Å². The molecule has 0 N–H and O–H groups in total. The van der Waals surface area contributed by atoms with Crippen LogP contribution in [0.4, 0.5) is 0 Å². The van der Waals surface area contributed by atoms with E-state index in [-0.39, 0.29) is 62.6 Å². The molecule has 42 heavy (non-hydrogen) atoms. The zero-order chi connectivity index (χ0) is 34.6. The van der Waals surface area contributed by atoms with Crippen molar-refractivity contribution in [3.05, 3.63) is 145 Å². The number of rotatable bonds is 3. The standard InChI is InChI=1S/C40H24O2/c1-3-13-25(14-4-1)35-28-18-7-9-20-30(28)37(31-21-10-8-19-29(31)35)40-36(26-15-5-2-6-16-26)33-24-23-32-27-17-11-12-22-34(27)41-38(32)39(33)42-40/h1-24H/i7D,8D,9D,10D,18D,19D,20D,21D. The monoisotopic (exact) mass is 544 g/mol. The fourth-order valence-corrected chi connectivity index (χ4v) is 6.15. The summed E-state index contributed by atoms with van der Waals surface area (Å²) in [4.78, 5) is 0. The Hall–Kier alpha value is -5.60.